The minimum atomic E-state index is -3.77. The van der Waals surface area contributed by atoms with E-state index in [0.29, 0.717) is 13.2 Å². The van der Waals surface area contributed by atoms with E-state index in [-0.39, 0.29) is 4.90 Å². The molecule has 0 spiro atoms. The average molecular weight is 479 g/mol. The third-order valence-corrected chi connectivity index (χ3v) is 6.95. The van der Waals surface area contributed by atoms with Crippen LogP contribution in [0.2, 0.25) is 0 Å². The molecule has 0 amide bonds. The molecule has 6 nitrogen and oxygen atoms in total. The van der Waals surface area contributed by atoms with Crippen LogP contribution in [0.5, 0.6) is 11.5 Å². The van der Waals surface area contributed by atoms with Crippen LogP contribution in [0, 0.1) is 0 Å². The largest absolute Gasteiger partial charge is 0.494 e. The molecule has 1 heterocycles. The Kier molecular flexibility index (Phi) is 6.68. The molecular weight excluding hydrogens is 448 g/mol. The molecule has 34 heavy (non-hydrogen) atoms. The van der Waals surface area contributed by atoms with Crippen molar-refractivity contribution in [2.24, 2.45) is 5.14 Å². The van der Waals surface area contributed by atoms with E-state index in [1.807, 2.05) is 38.1 Å². The molecule has 0 bridgehead atoms. The molecule has 3 aromatic rings. The van der Waals surface area contributed by atoms with E-state index in [0.717, 1.165) is 34.7 Å². The zero-order valence-corrected chi connectivity index (χ0v) is 20.5. The molecule has 7 heteroatoms. The van der Waals surface area contributed by atoms with E-state index in [1.54, 1.807) is 24.3 Å². The topological polar surface area (TPSA) is 81.9 Å². The summed E-state index contributed by atoms with van der Waals surface area (Å²) in [7, 11) is -3.77. The number of primary sulfonamides is 1. The highest BCUT2D eigenvalue weighted by molar-refractivity contribution is 7.89. The summed E-state index contributed by atoms with van der Waals surface area (Å²) in [5, 5.41) is 5.32. The summed E-state index contributed by atoms with van der Waals surface area (Å²) in [5.74, 6) is 1.64. The number of ether oxygens (including phenoxy) is 2. The van der Waals surface area contributed by atoms with Gasteiger partial charge in [0.15, 0.2) is 0 Å². The van der Waals surface area contributed by atoms with Crippen molar-refractivity contribution in [3.63, 3.8) is 0 Å². The Hall–Kier alpha value is -3.29. The van der Waals surface area contributed by atoms with Crippen LogP contribution < -0.4 is 19.5 Å². The minimum absolute atomic E-state index is 0.0869. The highest BCUT2D eigenvalue weighted by Crippen LogP contribution is 2.48. The third kappa shape index (κ3) is 4.54. The maximum absolute atomic E-state index is 11.8. The standard InChI is InChI=1S/C27H30N2O4S/c1-4-32-24-12-6-21(7-13-24)27(22-8-14-25(15-9-22)33-5-2)18-20(3)19-29(27)23-10-16-26(17-11-23)34(28,30)31/h6-17,19H,4-5,18H2,1-3H3,(H2,28,30,31). The van der Waals surface area contributed by atoms with E-state index in [4.69, 9.17) is 14.6 Å². The van der Waals surface area contributed by atoms with Gasteiger partial charge in [-0.3, -0.25) is 0 Å². The quantitative estimate of drug-likeness (QED) is 0.482. The molecule has 4 rings (SSSR count). The van der Waals surface area contributed by atoms with Crippen molar-refractivity contribution in [2.75, 3.05) is 18.1 Å². The fraction of sp³-hybridized carbons (Fsp3) is 0.259. The number of sulfonamides is 1. The molecule has 2 N–H and O–H groups in total. The van der Waals surface area contributed by atoms with Gasteiger partial charge in [0.2, 0.25) is 10.0 Å². The van der Waals surface area contributed by atoms with Gasteiger partial charge in [-0.25, -0.2) is 13.6 Å². The van der Waals surface area contributed by atoms with E-state index in [9.17, 15) is 8.42 Å². The lowest BCUT2D eigenvalue weighted by Crippen LogP contribution is -2.41. The van der Waals surface area contributed by atoms with Crippen molar-refractivity contribution in [3.8, 4) is 11.5 Å². The maximum atomic E-state index is 11.8. The van der Waals surface area contributed by atoms with Gasteiger partial charge < -0.3 is 14.4 Å². The summed E-state index contributed by atoms with van der Waals surface area (Å²) in [6, 6.07) is 23.0. The zero-order valence-electron chi connectivity index (χ0n) is 19.7. The van der Waals surface area contributed by atoms with Gasteiger partial charge >= 0.3 is 0 Å². The Labute approximate surface area is 201 Å². The van der Waals surface area contributed by atoms with E-state index in [1.165, 1.54) is 5.57 Å². The number of benzene rings is 3. The first kappa shape index (κ1) is 23.9. The van der Waals surface area contributed by atoms with Crippen molar-refractivity contribution in [2.45, 2.75) is 37.6 Å². The van der Waals surface area contributed by atoms with Gasteiger partial charge in [0.1, 0.15) is 11.5 Å². The fourth-order valence-electron chi connectivity index (χ4n) is 4.59. The molecule has 0 aliphatic carbocycles. The van der Waals surface area contributed by atoms with Crippen LogP contribution in [0.15, 0.2) is 89.5 Å². The first-order valence-electron chi connectivity index (χ1n) is 11.3. The zero-order chi connectivity index (χ0) is 24.3. The molecule has 0 unspecified atom stereocenters. The molecule has 0 atom stereocenters. The predicted octanol–water partition coefficient (Wildman–Crippen LogP) is 5.19. The second kappa shape index (κ2) is 9.52. The van der Waals surface area contributed by atoms with Crippen LogP contribution in [0.1, 0.15) is 38.3 Å². The summed E-state index contributed by atoms with van der Waals surface area (Å²) in [5.41, 5.74) is 3.75. The van der Waals surface area contributed by atoms with Gasteiger partial charge in [-0.2, -0.15) is 0 Å². The van der Waals surface area contributed by atoms with Crippen molar-refractivity contribution in [3.05, 3.63) is 95.7 Å². The average Bonchev–Trinajstić information content (AvgIpc) is 3.18. The Morgan fingerprint density at radius 2 is 1.29 bits per heavy atom. The van der Waals surface area contributed by atoms with E-state index < -0.39 is 15.6 Å². The smallest absolute Gasteiger partial charge is 0.238 e. The lowest BCUT2D eigenvalue weighted by atomic mass is 9.79. The Balaban J connectivity index is 1.86. The first-order chi connectivity index (χ1) is 16.3. The number of anilines is 1. The molecule has 0 aromatic heterocycles. The highest BCUT2D eigenvalue weighted by atomic mass is 32.2. The number of hydrogen-bond donors (Lipinski definition) is 1. The summed E-state index contributed by atoms with van der Waals surface area (Å²) in [4.78, 5) is 2.30. The Bertz CT molecular complexity index is 1220. The fourth-order valence-corrected chi connectivity index (χ4v) is 5.11. The van der Waals surface area contributed by atoms with Crippen molar-refractivity contribution in [1.29, 1.82) is 0 Å². The summed E-state index contributed by atoms with van der Waals surface area (Å²) >= 11 is 0. The third-order valence-electron chi connectivity index (χ3n) is 6.02. The summed E-state index contributed by atoms with van der Waals surface area (Å²) in [6.45, 7) is 7.24. The van der Waals surface area contributed by atoms with Gasteiger partial charge in [0, 0.05) is 18.3 Å². The van der Waals surface area contributed by atoms with Gasteiger partial charge in [-0.1, -0.05) is 29.8 Å². The number of nitrogens with two attached hydrogens (primary N) is 1. The van der Waals surface area contributed by atoms with E-state index in [2.05, 4.69) is 42.3 Å². The number of hydrogen-bond acceptors (Lipinski definition) is 5. The predicted molar refractivity (Wildman–Crippen MR) is 135 cm³/mol. The molecule has 0 radical (unpaired) electrons. The highest BCUT2D eigenvalue weighted by Gasteiger charge is 2.44. The molecule has 0 saturated heterocycles. The van der Waals surface area contributed by atoms with Crippen LogP contribution in [0.4, 0.5) is 5.69 Å². The van der Waals surface area contributed by atoms with Crippen molar-refractivity contribution in [1.82, 2.24) is 0 Å². The van der Waals surface area contributed by atoms with E-state index >= 15 is 0 Å². The van der Waals surface area contributed by atoms with Crippen LogP contribution in [0.25, 0.3) is 0 Å². The van der Waals surface area contributed by atoms with Crippen molar-refractivity contribution >= 4 is 15.7 Å². The van der Waals surface area contributed by atoms with Gasteiger partial charge in [-0.15, -0.1) is 0 Å². The summed E-state index contributed by atoms with van der Waals surface area (Å²) in [6.07, 6.45) is 2.89. The van der Waals surface area contributed by atoms with Crippen LogP contribution >= 0.6 is 0 Å². The van der Waals surface area contributed by atoms with Crippen LogP contribution in [-0.4, -0.2) is 21.6 Å². The number of rotatable bonds is 8. The normalized spacial score (nSPS) is 15.2. The monoisotopic (exact) mass is 478 g/mol. The second-order valence-electron chi connectivity index (χ2n) is 8.34. The van der Waals surface area contributed by atoms with Crippen LogP contribution in [-0.2, 0) is 15.6 Å². The van der Waals surface area contributed by atoms with Crippen LogP contribution in [0.3, 0.4) is 0 Å². The lowest BCUT2D eigenvalue weighted by Gasteiger charge is -2.41. The maximum Gasteiger partial charge on any atom is 0.238 e. The van der Waals surface area contributed by atoms with Gasteiger partial charge in [-0.05, 0) is 80.4 Å². The summed E-state index contributed by atoms with van der Waals surface area (Å²) < 4.78 is 34.9. The number of nitrogens with zero attached hydrogens (tertiary/aromatic N) is 1. The molecule has 1 aliphatic heterocycles. The van der Waals surface area contributed by atoms with Gasteiger partial charge in [0.25, 0.3) is 0 Å². The minimum Gasteiger partial charge on any atom is -0.494 e. The SMILES string of the molecule is CCOc1ccc(C2(c3ccc(OCC)cc3)CC(C)=CN2c2ccc(S(N)(=O)=O)cc2)cc1. The molecule has 178 valence electrons. The molecular formula is C27H30N2O4S. The Morgan fingerprint density at radius 3 is 1.71 bits per heavy atom. The molecule has 0 saturated carbocycles. The van der Waals surface area contributed by atoms with Gasteiger partial charge in [0.05, 0.1) is 23.6 Å². The molecule has 3 aromatic carbocycles. The second-order valence-corrected chi connectivity index (χ2v) is 9.90. The molecule has 0 fully saturated rings. The first-order valence-corrected chi connectivity index (χ1v) is 12.9. The van der Waals surface area contributed by atoms with Crippen molar-refractivity contribution < 1.29 is 17.9 Å². The lowest BCUT2D eigenvalue weighted by molar-refractivity contribution is 0.339. The Morgan fingerprint density at radius 1 is 0.824 bits per heavy atom. The molecule has 1 aliphatic rings.